The van der Waals surface area contributed by atoms with Gasteiger partial charge in [-0.25, -0.2) is 9.89 Å². The molecule has 4 aromatic rings. The van der Waals surface area contributed by atoms with Gasteiger partial charge in [0.15, 0.2) is 5.82 Å². The number of aromatic nitrogens is 4. The topological polar surface area (TPSA) is 164 Å². The molecule has 12 nitrogen and oxygen atoms in total. The number of fused-ring (bicyclic) bond motifs is 1. The minimum absolute atomic E-state index is 0.128. The number of thiophene rings is 1. The Hall–Kier alpha value is -4.26. The number of anilines is 2. The van der Waals surface area contributed by atoms with Crippen molar-refractivity contribution in [3.05, 3.63) is 52.0 Å². The van der Waals surface area contributed by atoms with Crippen LogP contribution in [-0.4, -0.2) is 51.0 Å². The van der Waals surface area contributed by atoms with E-state index in [1.54, 1.807) is 44.4 Å². The second kappa shape index (κ2) is 11.9. The first-order valence-electron chi connectivity index (χ1n) is 12.1. The number of carbonyl (C=O) groups excluding carboxylic acids is 2. The van der Waals surface area contributed by atoms with Gasteiger partial charge in [0.2, 0.25) is 17.6 Å². The summed E-state index contributed by atoms with van der Waals surface area (Å²) in [6.45, 7) is 6.43. The molecule has 0 spiro atoms. The Morgan fingerprint density at radius 1 is 1.16 bits per heavy atom. The minimum Gasteiger partial charge on any atom is -0.444 e. The molecule has 0 aliphatic carbocycles. The highest BCUT2D eigenvalue weighted by Crippen LogP contribution is 2.28. The summed E-state index contributed by atoms with van der Waals surface area (Å²) < 4.78 is 10.5. The van der Waals surface area contributed by atoms with Crippen molar-refractivity contribution in [1.82, 2.24) is 25.7 Å². The third kappa shape index (κ3) is 7.38. The first-order valence-corrected chi connectivity index (χ1v) is 13.0. The molecule has 4 N–H and O–H groups in total. The second-order valence-corrected chi connectivity index (χ2v) is 10.3. The molecular formula is C25H29N7O5S. The summed E-state index contributed by atoms with van der Waals surface area (Å²) in [5.74, 6) is 1.19. The number of carbonyl (C=O) groups is 2. The fourth-order valence-electron chi connectivity index (χ4n) is 3.48. The highest BCUT2D eigenvalue weighted by molar-refractivity contribution is 7.14. The molecule has 13 heteroatoms. The molecule has 0 fully saturated rings. The lowest BCUT2D eigenvalue weighted by Gasteiger charge is -2.19. The molecule has 0 saturated heterocycles. The molecule has 0 aliphatic heterocycles. The number of aryl methyl sites for hydroxylation is 1. The average molecular weight is 540 g/mol. The number of rotatable bonds is 10. The number of nitrogens with one attached hydrogen (secondary N) is 4. The molecule has 0 unspecified atom stereocenters. The van der Waals surface area contributed by atoms with Crippen LogP contribution in [0.15, 0.2) is 45.0 Å². The van der Waals surface area contributed by atoms with Crippen LogP contribution in [0.2, 0.25) is 0 Å². The molecule has 200 valence electrons. The van der Waals surface area contributed by atoms with Crippen LogP contribution in [0.1, 0.15) is 39.5 Å². The van der Waals surface area contributed by atoms with Crippen LogP contribution in [0.3, 0.4) is 0 Å². The molecule has 0 aliphatic rings. The van der Waals surface area contributed by atoms with E-state index in [4.69, 9.17) is 9.26 Å². The van der Waals surface area contributed by atoms with Crippen molar-refractivity contribution in [3.8, 4) is 11.4 Å². The fraction of sp³-hybridized carbons (Fsp3) is 0.360. The molecule has 1 aromatic carbocycles. The number of benzene rings is 1. The van der Waals surface area contributed by atoms with E-state index < -0.39 is 11.7 Å². The zero-order chi connectivity index (χ0) is 27.1. The van der Waals surface area contributed by atoms with Gasteiger partial charge in [-0.2, -0.15) is 10.1 Å². The number of hydrogen-bond acceptors (Lipinski definition) is 10. The smallest absolute Gasteiger partial charge is 0.412 e. The Labute approximate surface area is 222 Å². The van der Waals surface area contributed by atoms with Gasteiger partial charge >= 0.3 is 6.09 Å². The molecule has 3 heterocycles. The van der Waals surface area contributed by atoms with Crippen molar-refractivity contribution in [2.75, 3.05) is 23.7 Å². The van der Waals surface area contributed by atoms with Gasteiger partial charge in [0.25, 0.3) is 5.56 Å². The second-order valence-electron chi connectivity index (χ2n) is 9.42. The predicted molar refractivity (Wildman–Crippen MR) is 144 cm³/mol. The van der Waals surface area contributed by atoms with Crippen LogP contribution >= 0.6 is 11.3 Å². The van der Waals surface area contributed by atoms with Crippen LogP contribution in [0, 0.1) is 0 Å². The van der Waals surface area contributed by atoms with Crippen LogP contribution < -0.4 is 21.5 Å². The Kier molecular flexibility index (Phi) is 8.36. The molecule has 0 atom stereocenters. The number of ether oxygens (including phenoxy) is 1. The minimum atomic E-state index is -0.590. The van der Waals surface area contributed by atoms with Crippen molar-refractivity contribution in [2.24, 2.45) is 0 Å². The standard InChI is InChI=1S/C25H29N7O5S/c1-25(2,3)36-24(35)29-20-13-15(14-38-20)21-28-19(37-32-21)10-9-18(33)26-11-6-12-27-22-16-7-4-5-8-17(16)23(34)31-30-22/h4-5,7-8,13-14H,6,9-12H2,1-3H3,(H,26,33)(H,27,30)(H,29,35)(H,31,34). The Morgan fingerprint density at radius 2 is 1.95 bits per heavy atom. The van der Waals surface area contributed by atoms with E-state index in [2.05, 4.69) is 36.3 Å². The Balaban J connectivity index is 1.17. The summed E-state index contributed by atoms with van der Waals surface area (Å²) >= 11 is 1.32. The summed E-state index contributed by atoms with van der Waals surface area (Å²) in [6.07, 6.45) is 0.639. The van der Waals surface area contributed by atoms with Crippen molar-refractivity contribution in [1.29, 1.82) is 0 Å². The average Bonchev–Trinajstić information content (AvgIpc) is 3.52. The fourth-order valence-corrected chi connectivity index (χ4v) is 4.24. The molecule has 2 amide bonds. The van der Waals surface area contributed by atoms with Crippen LogP contribution in [0.5, 0.6) is 0 Å². The maximum absolute atomic E-state index is 12.2. The largest absolute Gasteiger partial charge is 0.444 e. The van der Waals surface area contributed by atoms with E-state index in [0.717, 1.165) is 5.39 Å². The molecule has 4 rings (SSSR count). The summed E-state index contributed by atoms with van der Waals surface area (Å²) in [7, 11) is 0. The summed E-state index contributed by atoms with van der Waals surface area (Å²) in [5, 5.41) is 23.0. The van der Waals surface area contributed by atoms with Gasteiger partial charge in [-0.05, 0) is 39.3 Å². The Morgan fingerprint density at radius 3 is 2.74 bits per heavy atom. The van der Waals surface area contributed by atoms with E-state index in [-0.39, 0.29) is 17.9 Å². The third-order valence-electron chi connectivity index (χ3n) is 5.18. The monoisotopic (exact) mass is 539 g/mol. The maximum Gasteiger partial charge on any atom is 0.412 e. The number of aromatic amines is 1. The molecule has 38 heavy (non-hydrogen) atoms. The van der Waals surface area contributed by atoms with E-state index in [9.17, 15) is 14.4 Å². The summed E-state index contributed by atoms with van der Waals surface area (Å²) in [4.78, 5) is 40.4. The molecular weight excluding hydrogens is 510 g/mol. The number of amides is 2. The SMILES string of the molecule is CC(C)(C)OC(=O)Nc1cc(-c2noc(CCC(=O)NCCCNc3n[nH]c(=O)c4ccccc34)n2)cs1. The quantitative estimate of drug-likeness (QED) is 0.219. The van der Waals surface area contributed by atoms with E-state index >= 15 is 0 Å². The number of nitrogens with zero attached hydrogens (tertiary/aromatic N) is 3. The Bertz CT molecular complexity index is 1470. The number of H-pyrrole nitrogens is 1. The van der Waals surface area contributed by atoms with Crippen molar-refractivity contribution in [2.45, 2.75) is 45.6 Å². The molecule has 0 saturated carbocycles. The van der Waals surface area contributed by atoms with Crippen LogP contribution in [0.4, 0.5) is 15.6 Å². The summed E-state index contributed by atoms with van der Waals surface area (Å²) in [5.41, 5.74) is -0.132. The number of hydrogen-bond donors (Lipinski definition) is 4. The first kappa shape index (κ1) is 26.8. The van der Waals surface area contributed by atoms with Crippen molar-refractivity contribution >= 4 is 44.9 Å². The maximum atomic E-state index is 12.2. The molecule has 0 radical (unpaired) electrons. The van der Waals surface area contributed by atoms with Gasteiger partial charge in [0.1, 0.15) is 5.60 Å². The highest BCUT2D eigenvalue weighted by atomic mass is 32.1. The van der Waals surface area contributed by atoms with Gasteiger partial charge in [0, 0.05) is 42.3 Å². The van der Waals surface area contributed by atoms with Crippen LogP contribution in [0.25, 0.3) is 22.2 Å². The molecule has 3 aromatic heterocycles. The van der Waals surface area contributed by atoms with Crippen LogP contribution in [-0.2, 0) is 16.0 Å². The predicted octanol–water partition coefficient (Wildman–Crippen LogP) is 3.93. The normalized spacial score (nSPS) is 11.3. The van der Waals surface area contributed by atoms with Gasteiger partial charge < -0.3 is 19.9 Å². The summed E-state index contributed by atoms with van der Waals surface area (Å²) in [6, 6.07) is 8.96. The van der Waals surface area contributed by atoms with E-state index in [1.165, 1.54) is 11.3 Å². The zero-order valence-electron chi connectivity index (χ0n) is 21.3. The first-order chi connectivity index (χ1) is 18.2. The van der Waals surface area contributed by atoms with Gasteiger partial charge in [-0.3, -0.25) is 14.9 Å². The third-order valence-corrected chi connectivity index (χ3v) is 6.03. The van der Waals surface area contributed by atoms with Gasteiger partial charge in [-0.1, -0.05) is 23.4 Å². The lowest BCUT2D eigenvalue weighted by atomic mass is 10.2. The lowest BCUT2D eigenvalue weighted by molar-refractivity contribution is -0.121. The van der Waals surface area contributed by atoms with Gasteiger partial charge in [0.05, 0.1) is 10.4 Å². The van der Waals surface area contributed by atoms with E-state index in [0.29, 0.717) is 59.4 Å². The van der Waals surface area contributed by atoms with Gasteiger partial charge in [-0.15, -0.1) is 11.3 Å². The highest BCUT2D eigenvalue weighted by Gasteiger charge is 2.18. The van der Waals surface area contributed by atoms with Crippen molar-refractivity contribution < 1.29 is 18.8 Å². The lowest BCUT2D eigenvalue weighted by Crippen LogP contribution is -2.26. The van der Waals surface area contributed by atoms with E-state index in [1.807, 2.05) is 12.1 Å². The van der Waals surface area contributed by atoms with Crippen molar-refractivity contribution in [3.63, 3.8) is 0 Å². The molecule has 0 bridgehead atoms. The zero-order valence-corrected chi connectivity index (χ0v) is 22.1.